The average Bonchev–Trinajstić information content (AvgIpc) is 2.50. The quantitative estimate of drug-likeness (QED) is 0.927. The molecule has 22 heavy (non-hydrogen) atoms. The molecule has 4 bridgehead atoms. The van der Waals surface area contributed by atoms with E-state index in [-0.39, 0.29) is 11.3 Å². The molecular weight excluding hydrogens is 274 g/mol. The predicted molar refractivity (Wildman–Crippen MR) is 85.5 cm³/mol. The molecule has 4 saturated carbocycles. The van der Waals surface area contributed by atoms with Crippen LogP contribution in [0, 0.1) is 23.7 Å². The number of carbonyl (C=O) groups is 1. The Kier molecular flexibility index (Phi) is 3.21. The molecule has 4 fully saturated rings. The number of amides is 1. The van der Waals surface area contributed by atoms with E-state index in [2.05, 4.69) is 24.3 Å². The highest BCUT2D eigenvalue weighted by Gasteiger charge is 2.57. The highest BCUT2D eigenvalue weighted by atomic mass is 16.5. The Balaban J connectivity index is 1.75. The van der Waals surface area contributed by atoms with Crippen molar-refractivity contribution in [2.45, 2.75) is 43.9 Å². The number of ether oxygens (including phenoxy) is 1. The number of benzene rings is 1. The molecule has 4 aliphatic carbocycles. The van der Waals surface area contributed by atoms with Gasteiger partial charge >= 0.3 is 0 Å². The van der Waals surface area contributed by atoms with Crippen molar-refractivity contribution < 1.29 is 9.53 Å². The Hall–Kier alpha value is -1.51. The van der Waals surface area contributed by atoms with Gasteiger partial charge in [0.25, 0.3) is 0 Å². The average molecular weight is 299 g/mol. The van der Waals surface area contributed by atoms with E-state index in [4.69, 9.17) is 10.5 Å². The molecule has 2 N–H and O–H groups in total. The van der Waals surface area contributed by atoms with Crippen LogP contribution >= 0.6 is 0 Å². The summed E-state index contributed by atoms with van der Waals surface area (Å²) in [7, 11) is 1.70. The molecule has 118 valence electrons. The largest absolute Gasteiger partial charge is 0.497 e. The van der Waals surface area contributed by atoms with Gasteiger partial charge in [-0.15, -0.1) is 0 Å². The lowest BCUT2D eigenvalue weighted by molar-refractivity contribution is -0.125. The van der Waals surface area contributed by atoms with E-state index >= 15 is 0 Å². The Bertz CT molecular complexity index is 566. The van der Waals surface area contributed by atoms with Crippen LogP contribution in [0.5, 0.6) is 5.75 Å². The number of hydrogen-bond donors (Lipinski definition) is 1. The molecule has 0 heterocycles. The van der Waals surface area contributed by atoms with Crippen molar-refractivity contribution in [3.05, 3.63) is 29.8 Å². The van der Waals surface area contributed by atoms with Crippen molar-refractivity contribution in [3.8, 4) is 5.75 Å². The summed E-state index contributed by atoms with van der Waals surface area (Å²) in [5, 5.41) is 0. The van der Waals surface area contributed by atoms with Crippen LogP contribution < -0.4 is 10.5 Å². The smallest absolute Gasteiger partial charge is 0.217 e. The molecular formula is C19H25NO2. The van der Waals surface area contributed by atoms with Gasteiger partial charge in [-0.25, -0.2) is 0 Å². The maximum atomic E-state index is 11.7. The molecule has 3 atom stereocenters. The van der Waals surface area contributed by atoms with Crippen molar-refractivity contribution in [2.75, 3.05) is 7.11 Å². The normalized spacial score (nSPS) is 39.0. The second kappa shape index (κ2) is 5.00. The van der Waals surface area contributed by atoms with Crippen LogP contribution in [0.3, 0.4) is 0 Å². The van der Waals surface area contributed by atoms with Crippen LogP contribution in [0.25, 0.3) is 0 Å². The Labute approximate surface area is 132 Å². The van der Waals surface area contributed by atoms with E-state index in [1.165, 1.54) is 37.7 Å². The van der Waals surface area contributed by atoms with Gasteiger partial charge in [-0.3, -0.25) is 4.79 Å². The van der Waals surface area contributed by atoms with Gasteiger partial charge in [0.15, 0.2) is 0 Å². The molecule has 3 unspecified atom stereocenters. The van der Waals surface area contributed by atoms with Crippen molar-refractivity contribution in [1.29, 1.82) is 0 Å². The lowest BCUT2D eigenvalue weighted by Gasteiger charge is -2.61. The molecule has 0 aromatic heterocycles. The second-order valence-corrected chi connectivity index (χ2v) is 7.77. The van der Waals surface area contributed by atoms with Gasteiger partial charge in [0.1, 0.15) is 5.75 Å². The summed E-state index contributed by atoms with van der Waals surface area (Å²) in [5.74, 6) is 3.60. The monoisotopic (exact) mass is 299 g/mol. The second-order valence-electron chi connectivity index (χ2n) is 7.77. The molecule has 0 radical (unpaired) electrons. The van der Waals surface area contributed by atoms with Gasteiger partial charge in [-0.05, 0) is 78.9 Å². The number of nitrogens with two attached hydrogens (primary N) is 1. The van der Waals surface area contributed by atoms with E-state index in [0.717, 1.165) is 17.6 Å². The molecule has 1 aromatic rings. The minimum atomic E-state index is -0.134. The fourth-order valence-corrected chi connectivity index (χ4v) is 6.10. The zero-order chi connectivity index (χ0) is 15.3. The summed E-state index contributed by atoms with van der Waals surface area (Å²) in [6, 6.07) is 8.57. The van der Waals surface area contributed by atoms with Crippen LogP contribution in [-0.2, 0) is 10.2 Å². The zero-order valence-corrected chi connectivity index (χ0v) is 13.3. The molecule has 0 spiro atoms. The molecule has 3 heteroatoms. The Morgan fingerprint density at radius 1 is 1.18 bits per heavy atom. The molecule has 0 aliphatic heterocycles. The minimum Gasteiger partial charge on any atom is -0.497 e. The van der Waals surface area contributed by atoms with Crippen LogP contribution in [0.15, 0.2) is 24.3 Å². The molecule has 3 nitrogen and oxygen atoms in total. The third-order valence-corrected chi connectivity index (χ3v) is 6.61. The first-order valence-corrected chi connectivity index (χ1v) is 8.53. The first-order valence-electron chi connectivity index (χ1n) is 8.53. The fraction of sp³-hybridized carbons (Fsp3) is 0.632. The lowest BCUT2D eigenvalue weighted by Crippen LogP contribution is -2.56. The summed E-state index contributed by atoms with van der Waals surface area (Å²) in [6.45, 7) is 0. The summed E-state index contributed by atoms with van der Waals surface area (Å²) in [5.41, 5.74) is 7.17. The number of methoxy groups -OCH3 is 1. The van der Waals surface area contributed by atoms with Gasteiger partial charge < -0.3 is 10.5 Å². The van der Waals surface area contributed by atoms with E-state index in [1.54, 1.807) is 7.11 Å². The topological polar surface area (TPSA) is 52.3 Å². The highest BCUT2D eigenvalue weighted by molar-refractivity contribution is 5.74. The first kappa shape index (κ1) is 14.1. The number of primary amides is 1. The summed E-state index contributed by atoms with van der Waals surface area (Å²) in [6.07, 6.45) is 7.06. The highest BCUT2D eigenvalue weighted by Crippen LogP contribution is 2.64. The van der Waals surface area contributed by atoms with E-state index in [9.17, 15) is 4.79 Å². The van der Waals surface area contributed by atoms with Gasteiger partial charge in [-0.1, -0.05) is 12.1 Å². The van der Waals surface area contributed by atoms with Gasteiger partial charge in [-0.2, -0.15) is 0 Å². The predicted octanol–water partition coefficient (Wildman–Crippen LogP) is 3.26. The van der Waals surface area contributed by atoms with Crippen molar-refractivity contribution in [1.82, 2.24) is 0 Å². The molecule has 1 amide bonds. The first-order chi connectivity index (χ1) is 10.6. The number of rotatable bonds is 4. The molecule has 1 aromatic carbocycles. The minimum absolute atomic E-state index is 0.134. The Morgan fingerprint density at radius 2 is 1.82 bits per heavy atom. The van der Waals surface area contributed by atoms with Crippen LogP contribution in [0.2, 0.25) is 0 Å². The maximum Gasteiger partial charge on any atom is 0.217 e. The van der Waals surface area contributed by atoms with Gasteiger partial charge in [0.2, 0.25) is 5.91 Å². The molecule has 4 aliphatic rings. The molecule has 0 saturated heterocycles. The number of carbonyl (C=O) groups excluding carboxylic acids is 1. The van der Waals surface area contributed by atoms with E-state index < -0.39 is 0 Å². The summed E-state index contributed by atoms with van der Waals surface area (Å²) in [4.78, 5) is 11.7. The zero-order valence-electron chi connectivity index (χ0n) is 13.3. The number of hydrogen-bond acceptors (Lipinski definition) is 2. The van der Waals surface area contributed by atoms with E-state index in [0.29, 0.717) is 18.3 Å². The third-order valence-electron chi connectivity index (χ3n) is 6.61. The van der Waals surface area contributed by atoms with Gasteiger partial charge in [0.05, 0.1) is 7.11 Å². The lowest BCUT2D eigenvalue weighted by atomic mass is 9.43. The van der Waals surface area contributed by atoms with Crippen LogP contribution in [0.1, 0.15) is 44.1 Å². The summed E-state index contributed by atoms with van der Waals surface area (Å²) >= 11 is 0. The van der Waals surface area contributed by atoms with Crippen molar-refractivity contribution >= 4 is 5.91 Å². The van der Waals surface area contributed by atoms with Gasteiger partial charge in [0, 0.05) is 6.42 Å². The SMILES string of the molecule is COc1ccc(C23CC4CC(CC(C4)C2CC(N)=O)C3)cc1. The van der Waals surface area contributed by atoms with E-state index in [1.807, 2.05) is 0 Å². The summed E-state index contributed by atoms with van der Waals surface area (Å²) < 4.78 is 5.31. The van der Waals surface area contributed by atoms with Crippen LogP contribution in [-0.4, -0.2) is 13.0 Å². The third kappa shape index (κ3) is 2.05. The maximum absolute atomic E-state index is 11.7. The molecule has 5 rings (SSSR count). The fourth-order valence-electron chi connectivity index (χ4n) is 6.10. The van der Waals surface area contributed by atoms with Crippen LogP contribution in [0.4, 0.5) is 0 Å². The Morgan fingerprint density at radius 3 is 2.36 bits per heavy atom. The van der Waals surface area contributed by atoms with Crippen molar-refractivity contribution in [2.24, 2.45) is 29.4 Å². The standard InChI is InChI=1S/C19H25NO2/c1-22-16-4-2-15(3-5-16)19-10-12-6-13(11-19)8-14(7-12)17(19)9-18(20)21/h2-5,12-14,17H,6-11H2,1H3,(H2,20,21). The van der Waals surface area contributed by atoms with Crippen molar-refractivity contribution in [3.63, 3.8) is 0 Å².